The molecule has 0 heterocycles. The SMILES string of the molecule is COC(=O)c1ccc(NC(=O)CCCC(=O)OCC(=O)Nc2ccc(C)cc2C)cc1. The topological polar surface area (TPSA) is 111 Å². The Kier molecular flexibility index (Phi) is 8.75. The molecule has 31 heavy (non-hydrogen) atoms. The van der Waals surface area contributed by atoms with Crippen molar-refractivity contribution < 1.29 is 28.7 Å². The lowest BCUT2D eigenvalue weighted by Crippen LogP contribution is -2.21. The van der Waals surface area contributed by atoms with Crippen molar-refractivity contribution in [3.8, 4) is 0 Å². The molecular weight excluding hydrogens is 400 g/mol. The van der Waals surface area contributed by atoms with Crippen LogP contribution in [0.15, 0.2) is 42.5 Å². The summed E-state index contributed by atoms with van der Waals surface area (Å²) < 4.78 is 9.57. The van der Waals surface area contributed by atoms with Gasteiger partial charge in [0, 0.05) is 24.2 Å². The van der Waals surface area contributed by atoms with E-state index in [1.165, 1.54) is 7.11 Å². The van der Waals surface area contributed by atoms with Crippen LogP contribution in [0.25, 0.3) is 0 Å². The molecule has 2 aromatic rings. The Morgan fingerprint density at radius 1 is 0.871 bits per heavy atom. The highest BCUT2D eigenvalue weighted by Gasteiger charge is 2.11. The van der Waals surface area contributed by atoms with Gasteiger partial charge in [0.25, 0.3) is 5.91 Å². The van der Waals surface area contributed by atoms with E-state index in [1.54, 1.807) is 30.3 Å². The Morgan fingerprint density at radius 2 is 1.58 bits per heavy atom. The van der Waals surface area contributed by atoms with Crippen molar-refractivity contribution in [2.45, 2.75) is 33.1 Å². The van der Waals surface area contributed by atoms with E-state index in [1.807, 2.05) is 26.0 Å². The first-order chi connectivity index (χ1) is 14.8. The summed E-state index contributed by atoms with van der Waals surface area (Å²) in [6, 6.07) is 11.9. The van der Waals surface area contributed by atoms with Gasteiger partial charge in [-0.1, -0.05) is 17.7 Å². The Morgan fingerprint density at radius 3 is 2.23 bits per heavy atom. The first-order valence-electron chi connectivity index (χ1n) is 9.79. The molecule has 0 atom stereocenters. The third-order valence-electron chi connectivity index (χ3n) is 4.39. The quantitative estimate of drug-likeness (QED) is 0.595. The Balaban J connectivity index is 1.66. The zero-order valence-electron chi connectivity index (χ0n) is 17.8. The molecule has 164 valence electrons. The van der Waals surface area contributed by atoms with Crippen LogP contribution in [0.4, 0.5) is 11.4 Å². The van der Waals surface area contributed by atoms with Gasteiger partial charge in [0.1, 0.15) is 0 Å². The van der Waals surface area contributed by atoms with Gasteiger partial charge in [-0.2, -0.15) is 0 Å². The number of methoxy groups -OCH3 is 1. The van der Waals surface area contributed by atoms with Crippen LogP contribution in [-0.2, 0) is 23.9 Å². The number of amides is 2. The van der Waals surface area contributed by atoms with E-state index in [0.717, 1.165) is 11.1 Å². The largest absolute Gasteiger partial charge is 0.465 e. The summed E-state index contributed by atoms with van der Waals surface area (Å²) in [5, 5.41) is 5.38. The molecular formula is C23H26N2O6. The molecule has 0 aromatic heterocycles. The third kappa shape index (κ3) is 7.93. The normalized spacial score (nSPS) is 10.2. The van der Waals surface area contributed by atoms with Crippen LogP contribution >= 0.6 is 0 Å². The summed E-state index contributed by atoms with van der Waals surface area (Å²) in [5.74, 6) is -1.70. The molecule has 0 fully saturated rings. The number of carbonyl (C=O) groups is 4. The molecule has 8 heteroatoms. The molecule has 2 amide bonds. The van der Waals surface area contributed by atoms with E-state index in [0.29, 0.717) is 16.9 Å². The maximum atomic E-state index is 12.0. The van der Waals surface area contributed by atoms with Crippen LogP contribution < -0.4 is 10.6 Å². The summed E-state index contributed by atoms with van der Waals surface area (Å²) in [6.45, 7) is 3.46. The van der Waals surface area contributed by atoms with Gasteiger partial charge >= 0.3 is 11.9 Å². The zero-order chi connectivity index (χ0) is 22.8. The highest BCUT2D eigenvalue weighted by Crippen LogP contribution is 2.16. The Bertz CT molecular complexity index is 953. The van der Waals surface area contributed by atoms with Gasteiger partial charge in [-0.15, -0.1) is 0 Å². The predicted molar refractivity (Wildman–Crippen MR) is 116 cm³/mol. The van der Waals surface area contributed by atoms with Gasteiger partial charge in [0.15, 0.2) is 6.61 Å². The van der Waals surface area contributed by atoms with Gasteiger partial charge in [-0.3, -0.25) is 14.4 Å². The lowest BCUT2D eigenvalue weighted by atomic mass is 10.1. The second-order valence-corrected chi connectivity index (χ2v) is 7.00. The summed E-state index contributed by atoms with van der Waals surface area (Å²) in [7, 11) is 1.29. The number of benzene rings is 2. The van der Waals surface area contributed by atoms with Crippen molar-refractivity contribution in [3.05, 3.63) is 59.2 Å². The van der Waals surface area contributed by atoms with Crippen LogP contribution in [0.2, 0.25) is 0 Å². The van der Waals surface area contributed by atoms with Crippen molar-refractivity contribution in [2.24, 2.45) is 0 Å². The van der Waals surface area contributed by atoms with E-state index >= 15 is 0 Å². The maximum Gasteiger partial charge on any atom is 0.337 e. The van der Waals surface area contributed by atoms with Crippen LogP contribution in [0.1, 0.15) is 40.7 Å². The fraction of sp³-hybridized carbons (Fsp3) is 0.304. The maximum absolute atomic E-state index is 12.0. The molecule has 8 nitrogen and oxygen atoms in total. The van der Waals surface area contributed by atoms with Gasteiger partial charge in [0.05, 0.1) is 12.7 Å². The summed E-state index contributed by atoms with van der Waals surface area (Å²) in [4.78, 5) is 47.1. The highest BCUT2D eigenvalue weighted by molar-refractivity contribution is 5.94. The molecule has 0 aliphatic carbocycles. The number of anilines is 2. The first kappa shape index (κ1) is 23.6. The standard InChI is InChI=1S/C23H26N2O6/c1-15-7-12-19(16(2)13-15)25-21(27)14-31-22(28)6-4-5-20(26)24-18-10-8-17(9-11-18)23(29)30-3/h7-13H,4-6,14H2,1-3H3,(H,24,26)(H,25,27). The van der Waals surface area contributed by atoms with Crippen molar-refractivity contribution in [2.75, 3.05) is 24.4 Å². The van der Waals surface area contributed by atoms with Crippen LogP contribution in [0.5, 0.6) is 0 Å². The van der Waals surface area contributed by atoms with Crippen LogP contribution in [0.3, 0.4) is 0 Å². The van der Waals surface area contributed by atoms with E-state index in [-0.39, 0.29) is 31.8 Å². The highest BCUT2D eigenvalue weighted by atomic mass is 16.5. The molecule has 0 saturated carbocycles. The Hall–Kier alpha value is -3.68. The minimum atomic E-state index is -0.550. The molecule has 0 aliphatic heterocycles. The molecule has 0 bridgehead atoms. The van der Waals surface area contributed by atoms with Crippen molar-refractivity contribution in [1.29, 1.82) is 0 Å². The van der Waals surface area contributed by atoms with Gasteiger partial charge in [-0.05, 0) is 56.2 Å². The average molecular weight is 426 g/mol. The fourth-order valence-electron chi connectivity index (χ4n) is 2.78. The van der Waals surface area contributed by atoms with E-state index in [4.69, 9.17) is 4.74 Å². The Labute approximate surface area is 180 Å². The molecule has 2 N–H and O–H groups in total. The molecule has 0 saturated heterocycles. The van der Waals surface area contributed by atoms with Crippen LogP contribution in [-0.4, -0.2) is 37.5 Å². The lowest BCUT2D eigenvalue weighted by Gasteiger charge is -2.10. The molecule has 0 radical (unpaired) electrons. The smallest absolute Gasteiger partial charge is 0.337 e. The molecule has 0 unspecified atom stereocenters. The zero-order valence-corrected chi connectivity index (χ0v) is 17.8. The number of hydrogen-bond acceptors (Lipinski definition) is 6. The summed E-state index contributed by atoms with van der Waals surface area (Å²) in [5.41, 5.74) is 3.59. The number of carbonyl (C=O) groups excluding carboxylic acids is 4. The van der Waals surface area contributed by atoms with Crippen molar-refractivity contribution in [1.82, 2.24) is 0 Å². The fourth-order valence-corrected chi connectivity index (χ4v) is 2.78. The molecule has 2 rings (SSSR count). The number of esters is 2. The minimum absolute atomic E-state index is 0.0194. The van der Waals surface area contributed by atoms with Gasteiger partial charge in [0.2, 0.25) is 5.91 Å². The van der Waals surface area contributed by atoms with E-state index in [9.17, 15) is 19.2 Å². The number of rotatable bonds is 9. The summed E-state index contributed by atoms with van der Waals surface area (Å²) >= 11 is 0. The van der Waals surface area contributed by atoms with E-state index < -0.39 is 17.8 Å². The van der Waals surface area contributed by atoms with Gasteiger partial charge in [-0.25, -0.2) is 4.79 Å². The summed E-state index contributed by atoms with van der Waals surface area (Å²) in [6.07, 6.45) is 0.414. The number of nitrogens with one attached hydrogen (secondary N) is 2. The molecule has 0 spiro atoms. The second kappa shape index (κ2) is 11.5. The number of hydrogen-bond donors (Lipinski definition) is 2. The van der Waals surface area contributed by atoms with Crippen molar-refractivity contribution >= 4 is 35.1 Å². The van der Waals surface area contributed by atoms with Crippen LogP contribution in [0, 0.1) is 13.8 Å². The van der Waals surface area contributed by atoms with E-state index in [2.05, 4.69) is 15.4 Å². The number of ether oxygens (including phenoxy) is 2. The lowest BCUT2D eigenvalue weighted by molar-refractivity contribution is -0.147. The average Bonchev–Trinajstić information content (AvgIpc) is 2.74. The first-order valence-corrected chi connectivity index (χ1v) is 9.79. The van der Waals surface area contributed by atoms with Gasteiger partial charge < -0.3 is 20.1 Å². The minimum Gasteiger partial charge on any atom is -0.465 e. The second-order valence-electron chi connectivity index (χ2n) is 7.00. The predicted octanol–water partition coefficient (Wildman–Crippen LogP) is 3.38. The van der Waals surface area contributed by atoms with Crippen molar-refractivity contribution in [3.63, 3.8) is 0 Å². The third-order valence-corrected chi connectivity index (χ3v) is 4.39. The molecule has 2 aromatic carbocycles. The monoisotopic (exact) mass is 426 g/mol. The molecule has 0 aliphatic rings. The number of aryl methyl sites for hydroxylation is 2.